The number of pyridine rings is 4. The molecule has 0 saturated heterocycles. The molecule has 174 valence electrons. The summed E-state index contributed by atoms with van der Waals surface area (Å²) < 4.78 is 14.7. The van der Waals surface area contributed by atoms with Gasteiger partial charge in [-0.2, -0.15) is 0 Å². The Hall–Kier alpha value is -4.46. The van der Waals surface area contributed by atoms with E-state index in [0.717, 1.165) is 23.3 Å². The van der Waals surface area contributed by atoms with Gasteiger partial charge in [-0.05, 0) is 47.5 Å². The minimum absolute atomic E-state index is 0.196. The molecule has 0 amide bonds. The minimum Gasteiger partial charge on any atom is -0.490 e. The zero-order valence-corrected chi connectivity index (χ0v) is 18.9. The van der Waals surface area contributed by atoms with E-state index in [4.69, 9.17) is 9.47 Å². The van der Waals surface area contributed by atoms with Crippen LogP contribution in [0.5, 0.6) is 11.5 Å². The van der Waals surface area contributed by atoms with Crippen LogP contribution < -0.4 is 20.6 Å². The summed E-state index contributed by atoms with van der Waals surface area (Å²) in [6.07, 6.45) is 7.71. The van der Waals surface area contributed by atoms with Gasteiger partial charge in [0.1, 0.15) is 0 Å². The van der Waals surface area contributed by atoms with Crippen molar-refractivity contribution < 1.29 is 9.47 Å². The topological polar surface area (TPSA) is 88.2 Å². The summed E-state index contributed by atoms with van der Waals surface area (Å²) in [6.45, 7) is 1.98. The van der Waals surface area contributed by atoms with Gasteiger partial charge in [-0.3, -0.25) is 14.6 Å². The molecule has 0 radical (unpaired) electrons. The Balaban J connectivity index is 1.39. The van der Waals surface area contributed by atoms with Crippen molar-refractivity contribution in [3.8, 4) is 11.5 Å². The molecule has 8 nitrogen and oxygen atoms in total. The second kappa shape index (κ2) is 8.72. The summed E-state index contributed by atoms with van der Waals surface area (Å²) in [6, 6.07) is 14.7. The predicted molar refractivity (Wildman–Crippen MR) is 132 cm³/mol. The Morgan fingerprint density at radius 2 is 1.46 bits per heavy atom. The van der Waals surface area contributed by atoms with Gasteiger partial charge in [-0.1, -0.05) is 12.1 Å². The quantitative estimate of drug-likeness (QED) is 0.378. The van der Waals surface area contributed by atoms with Crippen molar-refractivity contribution in [1.82, 2.24) is 19.1 Å². The lowest BCUT2D eigenvalue weighted by molar-refractivity contribution is 0.297. The van der Waals surface area contributed by atoms with E-state index in [9.17, 15) is 9.59 Å². The van der Waals surface area contributed by atoms with Crippen molar-refractivity contribution in [2.45, 2.75) is 19.5 Å². The Morgan fingerprint density at radius 1 is 0.771 bits per heavy atom. The van der Waals surface area contributed by atoms with Crippen LogP contribution in [-0.4, -0.2) is 32.3 Å². The average molecular weight is 466 g/mol. The van der Waals surface area contributed by atoms with Crippen molar-refractivity contribution in [2.24, 2.45) is 0 Å². The Labute approximate surface area is 200 Å². The highest BCUT2D eigenvalue weighted by Crippen LogP contribution is 2.30. The molecule has 6 rings (SSSR count). The fourth-order valence-electron chi connectivity index (χ4n) is 4.35. The highest BCUT2D eigenvalue weighted by Gasteiger charge is 2.13. The third kappa shape index (κ3) is 4.03. The van der Waals surface area contributed by atoms with E-state index in [1.54, 1.807) is 52.1 Å². The van der Waals surface area contributed by atoms with Crippen LogP contribution in [0, 0.1) is 0 Å². The van der Waals surface area contributed by atoms with Crippen molar-refractivity contribution in [3.63, 3.8) is 0 Å². The Morgan fingerprint density at radius 3 is 2.14 bits per heavy atom. The molecule has 0 saturated carbocycles. The first-order chi connectivity index (χ1) is 17.2. The Bertz CT molecular complexity index is 1670. The van der Waals surface area contributed by atoms with Crippen LogP contribution in [0.2, 0.25) is 0 Å². The molecular weight excluding hydrogens is 444 g/mol. The van der Waals surface area contributed by atoms with Crippen molar-refractivity contribution >= 4 is 21.8 Å². The average Bonchev–Trinajstić information content (AvgIpc) is 3.13. The number of ether oxygens (including phenoxy) is 2. The number of rotatable bonds is 4. The van der Waals surface area contributed by atoms with E-state index in [-0.39, 0.29) is 11.1 Å². The molecule has 8 heteroatoms. The first kappa shape index (κ1) is 21.1. The predicted octanol–water partition coefficient (Wildman–Crippen LogP) is 3.36. The van der Waals surface area contributed by atoms with Gasteiger partial charge in [0.05, 0.1) is 48.1 Å². The molecule has 0 spiro atoms. The van der Waals surface area contributed by atoms with Crippen LogP contribution >= 0.6 is 0 Å². The van der Waals surface area contributed by atoms with Gasteiger partial charge in [-0.25, -0.2) is 4.98 Å². The second-order valence-electron chi connectivity index (χ2n) is 8.54. The van der Waals surface area contributed by atoms with E-state index >= 15 is 0 Å². The maximum absolute atomic E-state index is 13.4. The summed E-state index contributed by atoms with van der Waals surface area (Å²) in [5.74, 6) is 1.41. The zero-order valence-electron chi connectivity index (χ0n) is 18.9. The Kier molecular flexibility index (Phi) is 5.25. The molecule has 5 aromatic rings. The molecule has 0 unspecified atom stereocenters. The summed E-state index contributed by atoms with van der Waals surface area (Å²) in [5, 5.41) is 0.819. The standard InChI is InChI=1S/C27H22N4O4/c32-26-20-14-21-23(7-10-31(27(21)33)17-19-3-1-8-28-15-19)29-22(20)6-9-30(26)16-18-4-5-24-25(13-18)35-12-2-11-34-24/h1,3-10,13-15H,2,11-12,16-17H2. The first-order valence-corrected chi connectivity index (χ1v) is 11.5. The lowest BCUT2D eigenvalue weighted by Crippen LogP contribution is -2.23. The number of benzene rings is 1. The van der Waals surface area contributed by atoms with Gasteiger partial charge in [0.25, 0.3) is 11.1 Å². The normalized spacial score (nSPS) is 13.1. The molecule has 0 N–H and O–H groups in total. The van der Waals surface area contributed by atoms with E-state index in [1.165, 1.54) is 0 Å². The van der Waals surface area contributed by atoms with Crippen LogP contribution in [0.25, 0.3) is 21.8 Å². The number of hydrogen-bond donors (Lipinski definition) is 0. The summed E-state index contributed by atoms with van der Waals surface area (Å²) in [5.41, 5.74) is 2.56. The van der Waals surface area contributed by atoms with Gasteiger partial charge in [0.2, 0.25) is 0 Å². The minimum atomic E-state index is -0.203. The SMILES string of the molecule is O=c1c2cc3c(=O)n(Cc4ccc5c(c4)OCCCO5)ccc3nc2ccn1Cc1cccnc1. The van der Waals surface area contributed by atoms with E-state index < -0.39 is 0 Å². The van der Waals surface area contributed by atoms with E-state index in [0.29, 0.717) is 53.9 Å². The lowest BCUT2D eigenvalue weighted by atomic mass is 10.1. The highest BCUT2D eigenvalue weighted by molar-refractivity contribution is 5.91. The fourth-order valence-corrected chi connectivity index (χ4v) is 4.35. The van der Waals surface area contributed by atoms with Gasteiger partial charge in [0, 0.05) is 31.2 Å². The first-order valence-electron chi connectivity index (χ1n) is 11.5. The van der Waals surface area contributed by atoms with Gasteiger partial charge >= 0.3 is 0 Å². The van der Waals surface area contributed by atoms with Gasteiger partial charge < -0.3 is 18.6 Å². The van der Waals surface area contributed by atoms with Gasteiger partial charge in [0.15, 0.2) is 11.5 Å². The second-order valence-corrected chi connectivity index (χ2v) is 8.54. The molecule has 4 aromatic heterocycles. The molecule has 1 aliphatic heterocycles. The number of fused-ring (bicyclic) bond motifs is 3. The molecule has 0 fully saturated rings. The maximum atomic E-state index is 13.4. The molecule has 0 bridgehead atoms. The highest BCUT2D eigenvalue weighted by atomic mass is 16.5. The largest absolute Gasteiger partial charge is 0.490 e. The van der Waals surface area contributed by atoms with Gasteiger partial charge in [-0.15, -0.1) is 0 Å². The fraction of sp³-hybridized carbons (Fsp3) is 0.185. The van der Waals surface area contributed by atoms with Crippen LogP contribution in [0.4, 0.5) is 0 Å². The number of hydrogen-bond acceptors (Lipinski definition) is 6. The number of aromatic nitrogens is 4. The lowest BCUT2D eigenvalue weighted by Gasteiger charge is -2.12. The maximum Gasteiger partial charge on any atom is 0.260 e. The van der Waals surface area contributed by atoms with E-state index in [2.05, 4.69) is 9.97 Å². The monoisotopic (exact) mass is 466 g/mol. The van der Waals surface area contributed by atoms with E-state index in [1.807, 2.05) is 30.3 Å². The smallest absolute Gasteiger partial charge is 0.260 e. The third-order valence-corrected chi connectivity index (χ3v) is 6.13. The van der Waals surface area contributed by atoms with Crippen molar-refractivity contribution in [1.29, 1.82) is 0 Å². The zero-order chi connectivity index (χ0) is 23.8. The molecule has 5 heterocycles. The van der Waals surface area contributed by atoms with Crippen molar-refractivity contribution in [2.75, 3.05) is 13.2 Å². The molecular formula is C27H22N4O4. The van der Waals surface area contributed by atoms with Crippen LogP contribution in [-0.2, 0) is 13.1 Å². The third-order valence-electron chi connectivity index (χ3n) is 6.13. The van der Waals surface area contributed by atoms with Crippen molar-refractivity contribution in [3.05, 3.63) is 105 Å². The summed E-state index contributed by atoms with van der Waals surface area (Å²) in [7, 11) is 0. The molecule has 0 atom stereocenters. The van der Waals surface area contributed by atoms with Crippen LogP contribution in [0.1, 0.15) is 17.5 Å². The molecule has 1 aliphatic rings. The summed E-state index contributed by atoms with van der Waals surface area (Å²) >= 11 is 0. The van der Waals surface area contributed by atoms with Crippen LogP contribution in [0.15, 0.2) is 82.9 Å². The molecule has 35 heavy (non-hydrogen) atoms. The molecule has 1 aromatic carbocycles. The van der Waals surface area contributed by atoms with Crippen LogP contribution in [0.3, 0.4) is 0 Å². The summed E-state index contributed by atoms with van der Waals surface area (Å²) in [4.78, 5) is 35.3. The number of nitrogens with zero attached hydrogens (tertiary/aromatic N) is 4. The molecule has 0 aliphatic carbocycles.